The first kappa shape index (κ1) is 13.6. The molecule has 0 radical (unpaired) electrons. The van der Waals surface area contributed by atoms with E-state index in [1.165, 1.54) is 6.07 Å². The number of hydrogen-bond acceptors (Lipinski definition) is 4. The Labute approximate surface area is 113 Å². The maximum atomic E-state index is 13.2. The molecule has 4 nitrogen and oxygen atoms in total. The molecule has 1 heterocycles. The van der Waals surface area contributed by atoms with Crippen LogP contribution in [0.1, 0.15) is 12.8 Å². The van der Waals surface area contributed by atoms with E-state index in [2.05, 4.69) is 21.2 Å². The minimum absolute atomic E-state index is 0.325. The van der Waals surface area contributed by atoms with E-state index in [1.54, 1.807) is 6.07 Å². The van der Waals surface area contributed by atoms with E-state index < -0.39 is 11.4 Å². The number of aliphatic hydroxyl groups is 1. The molecule has 6 heteroatoms. The van der Waals surface area contributed by atoms with Gasteiger partial charge in [-0.05, 0) is 22.0 Å². The number of hydrogen-bond donors (Lipinski definition) is 3. The Morgan fingerprint density at radius 2 is 2.11 bits per heavy atom. The van der Waals surface area contributed by atoms with Crippen molar-refractivity contribution in [2.45, 2.75) is 18.4 Å². The largest absolute Gasteiger partial charge is 0.397 e. The number of nitrogens with one attached hydrogen (secondary N) is 1. The topological polar surface area (TPSA) is 67.5 Å². The molecule has 0 unspecified atom stereocenters. The first-order valence-electron chi connectivity index (χ1n) is 5.79. The second-order valence-electron chi connectivity index (χ2n) is 4.54. The Kier molecular flexibility index (Phi) is 4.09. The average Bonchev–Trinajstić information content (AvgIpc) is 2.33. The molecule has 0 atom stereocenters. The van der Waals surface area contributed by atoms with Gasteiger partial charge in [0, 0.05) is 38.7 Å². The molecule has 2 rings (SSSR count). The highest BCUT2D eigenvalue weighted by atomic mass is 79.9. The third kappa shape index (κ3) is 3.13. The third-order valence-corrected chi connectivity index (χ3v) is 3.73. The van der Waals surface area contributed by atoms with E-state index >= 15 is 0 Å². The molecule has 1 aliphatic heterocycles. The predicted molar refractivity (Wildman–Crippen MR) is 72.0 cm³/mol. The molecule has 1 saturated heterocycles. The highest BCUT2D eigenvalue weighted by molar-refractivity contribution is 9.10. The lowest BCUT2D eigenvalue weighted by Gasteiger charge is -2.32. The summed E-state index contributed by atoms with van der Waals surface area (Å²) in [6.45, 7) is 1.49. The summed E-state index contributed by atoms with van der Waals surface area (Å²) in [6.07, 6.45) is 1.17. The van der Waals surface area contributed by atoms with E-state index in [0.717, 1.165) is 0 Å². The Bertz CT molecular complexity index is 436. The molecule has 0 spiro atoms. The molecule has 4 N–H and O–H groups in total. The normalized spacial score (nSPS) is 18.6. The van der Waals surface area contributed by atoms with Crippen LogP contribution >= 0.6 is 15.9 Å². The van der Waals surface area contributed by atoms with Gasteiger partial charge in [-0.25, -0.2) is 4.39 Å². The summed E-state index contributed by atoms with van der Waals surface area (Å²) in [5.41, 5.74) is 5.87. The van der Waals surface area contributed by atoms with Gasteiger partial charge in [-0.3, -0.25) is 0 Å². The minimum atomic E-state index is -0.786. The number of benzene rings is 1. The van der Waals surface area contributed by atoms with E-state index in [-0.39, 0.29) is 0 Å². The smallest absolute Gasteiger partial charge is 0.139 e. The maximum Gasteiger partial charge on any atom is 0.139 e. The van der Waals surface area contributed by atoms with Crippen molar-refractivity contribution >= 4 is 27.3 Å². The first-order chi connectivity index (χ1) is 8.50. The van der Waals surface area contributed by atoms with Crippen LogP contribution in [-0.4, -0.2) is 30.5 Å². The fourth-order valence-corrected chi connectivity index (χ4v) is 2.25. The fourth-order valence-electron chi connectivity index (χ4n) is 1.90. The molecule has 0 aromatic heterocycles. The first-order valence-corrected chi connectivity index (χ1v) is 6.58. The van der Waals surface area contributed by atoms with E-state index in [9.17, 15) is 9.50 Å². The molecule has 100 valence electrons. The van der Waals surface area contributed by atoms with Crippen molar-refractivity contribution in [1.82, 2.24) is 0 Å². The molecular formula is C12H16BrFN2O2. The fraction of sp³-hybridized carbons (Fsp3) is 0.500. The Hall–Kier alpha value is -0.850. The Morgan fingerprint density at radius 3 is 2.78 bits per heavy atom. The lowest BCUT2D eigenvalue weighted by Crippen LogP contribution is -2.42. The van der Waals surface area contributed by atoms with E-state index in [0.29, 0.717) is 48.4 Å². The van der Waals surface area contributed by atoms with E-state index in [4.69, 9.17) is 10.5 Å². The van der Waals surface area contributed by atoms with Crippen LogP contribution in [0.2, 0.25) is 0 Å². The van der Waals surface area contributed by atoms with Gasteiger partial charge in [-0.2, -0.15) is 0 Å². The van der Waals surface area contributed by atoms with Crippen molar-refractivity contribution in [3.63, 3.8) is 0 Å². The van der Waals surface area contributed by atoms with Crippen molar-refractivity contribution in [3.8, 4) is 0 Å². The third-order valence-electron chi connectivity index (χ3n) is 3.12. The van der Waals surface area contributed by atoms with Gasteiger partial charge < -0.3 is 20.9 Å². The predicted octanol–water partition coefficient (Wildman–Crippen LogP) is 2.12. The van der Waals surface area contributed by atoms with Gasteiger partial charge in [0.05, 0.1) is 21.4 Å². The highest BCUT2D eigenvalue weighted by Crippen LogP contribution is 2.28. The molecule has 1 aromatic rings. The molecule has 1 aromatic carbocycles. The Balaban J connectivity index is 2.03. The minimum Gasteiger partial charge on any atom is -0.397 e. The van der Waals surface area contributed by atoms with Crippen LogP contribution in [0.3, 0.4) is 0 Å². The van der Waals surface area contributed by atoms with Crippen molar-refractivity contribution in [2.75, 3.05) is 30.8 Å². The maximum absolute atomic E-state index is 13.2. The van der Waals surface area contributed by atoms with Crippen LogP contribution in [0.4, 0.5) is 15.8 Å². The molecule has 18 heavy (non-hydrogen) atoms. The van der Waals surface area contributed by atoms with Crippen molar-refractivity contribution in [2.24, 2.45) is 0 Å². The zero-order chi connectivity index (χ0) is 13.2. The molecule has 0 saturated carbocycles. The van der Waals surface area contributed by atoms with Gasteiger partial charge >= 0.3 is 0 Å². The van der Waals surface area contributed by atoms with Gasteiger partial charge in [-0.1, -0.05) is 0 Å². The molecule has 0 amide bonds. The van der Waals surface area contributed by atoms with Gasteiger partial charge in [-0.15, -0.1) is 0 Å². The van der Waals surface area contributed by atoms with Crippen LogP contribution in [0.25, 0.3) is 0 Å². The van der Waals surface area contributed by atoms with E-state index in [1.807, 2.05) is 0 Å². The number of nitrogen functional groups attached to an aromatic ring is 1. The summed E-state index contributed by atoms with van der Waals surface area (Å²) in [5, 5.41) is 13.3. The van der Waals surface area contributed by atoms with Crippen LogP contribution < -0.4 is 11.1 Å². The Morgan fingerprint density at radius 1 is 1.44 bits per heavy atom. The second kappa shape index (κ2) is 5.42. The zero-order valence-corrected chi connectivity index (χ0v) is 11.5. The molecular weight excluding hydrogens is 303 g/mol. The summed E-state index contributed by atoms with van der Waals surface area (Å²) in [6, 6.07) is 2.83. The van der Waals surface area contributed by atoms with Gasteiger partial charge in [0.15, 0.2) is 0 Å². The summed E-state index contributed by atoms with van der Waals surface area (Å²) in [5.74, 6) is -0.400. The van der Waals surface area contributed by atoms with Crippen molar-refractivity contribution in [3.05, 3.63) is 22.4 Å². The number of ether oxygens (including phenoxy) is 1. The van der Waals surface area contributed by atoms with Crippen LogP contribution in [0.15, 0.2) is 16.6 Å². The molecule has 1 aliphatic rings. The number of nitrogens with two attached hydrogens (primary N) is 1. The average molecular weight is 319 g/mol. The lowest BCUT2D eigenvalue weighted by atomic mass is 9.94. The summed E-state index contributed by atoms with van der Waals surface area (Å²) in [7, 11) is 0. The van der Waals surface area contributed by atoms with Crippen LogP contribution in [0, 0.1) is 5.82 Å². The van der Waals surface area contributed by atoms with Gasteiger partial charge in [0.25, 0.3) is 0 Å². The monoisotopic (exact) mass is 318 g/mol. The summed E-state index contributed by atoms with van der Waals surface area (Å²) < 4.78 is 18.8. The van der Waals surface area contributed by atoms with Crippen LogP contribution in [0.5, 0.6) is 0 Å². The van der Waals surface area contributed by atoms with Crippen molar-refractivity contribution < 1.29 is 14.2 Å². The second-order valence-corrected chi connectivity index (χ2v) is 5.40. The number of halogens is 2. The molecule has 0 bridgehead atoms. The summed E-state index contributed by atoms with van der Waals surface area (Å²) in [4.78, 5) is 0. The SMILES string of the molecule is Nc1cc(F)c(Br)cc1NCC1(O)CCOCC1. The zero-order valence-electron chi connectivity index (χ0n) is 9.88. The van der Waals surface area contributed by atoms with Gasteiger partial charge in [0.1, 0.15) is 5.82 Å². The number of rotatable bonds is 3. The standard InChI is InChI=1S/C12H16BrFN2O2/c13-8-5-11(10(15)6-9(8)14)16-7-12(17)1-3-18-4-2-12/h5-6,16-17H,1-4,7,15H2. The highest BCUT2D eigenvalue weighted by Gasteiger charge is 2.29. The lowest BCUT2D eigenvalue weighted by molar-refractivity contribution is -0.0543. The van der Waals surface area contributed by atoms with Gasteiger partial charge in [0.2, 0.25) is 0 Å². The number of anilines is 2. The molecule has 1 fully saturated rings. The molecule has 0 aliphatic carbocycles. The summed E-state index contributed by atoms with van der Waals surface area (Å²) >= 11 is 3.11. The quantitative estimate of drug-likeness (QED) is 0.747. The van der Waals surface area contributed by atoms with Crippen molar-refractivity contribution in [1.29, 1.82) is 0 Å². The van der Waals surface area contributed by atoms with Crippen LogP contribution in [-0.2, 0) is 4.74 Å².